The van der Waals surface area contributed by atoms with E-state index in [9.17, 15) is 9.59 Å². The topological polar surface area (TPSA) is 62.3 Å². The number of amides is 2. The molecule has 1 N–H and O–H groups in total. The Morgan fingerprint density at radius 3 is 2.62 bits per heavy atom. The van der Waals surface area contributed by atoms with Gasteiger partial charge in [0, 0.05) is 30.3 Å². The maximum Gasteiger partial charge on any atom is 0.236 e. The molecule has 0 aliphatic carbocycles. The first-order valence-corrected chi connectivity index (χ1v) is 7.41. The molecule has 3 heterocycles. The van der Waals surface area contributed by atoms with Crippen molar-refractivity contribution in [3.05, 3.63) is 23.9 Å². The van der Waals surface area contributed by atoms with Crippen LogP contribution in [0.15, 0.2) is 18.3 Å². The van der Waals surface area contributed by atoms with Crippen molar-refractivity contribution < 1.29 is 9.59 Å². The molecule has 1 saturated heterocycles. The van der Waals surface area contributed by atoms with Gasteiger partial charge in [-0.1, -0.05) is 26.8 Å². The maximum absolute atomic E-state index is 12.4. The number of nitrogens with zero attached hydrogens (tertiary/aromatic N) is 2. The summed E-state index contributed by atoms with van der Waals surface area (Å²) in [6.45, 7) is 7.04. The third kappa shape index (κ3) is 2.11. The minimum Gasteiger partial charge on any atom is -0.342 e. The summed E-state index contributed by atoms with van der Waals surface area (Å²) < 4.78 is 0. The summed E-state index contributed by atoms with van der Waals surface area (Å²) in [6, 6.07) is 3.84. The molecule has 112 valence electrons. The molecule has 1 fully saturated rings. The predicted molar refractivity (Wildman–Crippen MR) is 79.8 cm³/mol. The molecule has 1 aromatic heterocycles. The van der Waals surface area contributed by atoms with Gasteiger partial charge >= 0.3 is 0 Å². The molecule has 0 bridgehead atoms. The fourth-order valence-corrected chi connectivity index (χ4v) is 3.30. The average Bonchev–Trinajstić information content (AvgIpc) is 2.71. The molecular weight excluding hydrogens is 266 g/mol. The van der Waals surface area contributed by atoms with Gasteiger partial charge in [0.05, 0.1) is 5.41 Å². The lowest BCUT2D eigenvalue weighted by Gasteiger charge is -2.40. The molecule has 5 heteroatoms. The van der Waals surface area contributed by atoms with E-state index in [1.165, 1.54) is 0 Å². The monoisotopic (exact) mass is 287 g/mol. The fourth-order valence-electron chi connectivity index (χ4n) is 3.30. The van der Waals surface area contributed by atoms with Crippen LogP contribution in [0.2, 0.25) is 0 Å². The van der Waals surface area contributed by atoms with Crippen LogP contribution >= 0.6 is 0 Å². The van der Waals surface area contributed by atoms with Crippen LogP contribution < -0.4 is 5.32 Å². The molecule has 0 atom stereocenters. The summed E-state index contributed by atoms with van der Waals surface area (Å²) in [5.41, 5.74) is 0.109. The third-order valence-electron chi connectivity index (χ3n) is 4.54. The molecule has 2 amide bonds. The van der Waals surface area contributed by atoms with Gasteiger partial charge in [0.25, 0.3) is 0 Å². The van der Waals surface area contributed by atoms with E-state index >= 15 is 0 Å². The average molecular weight is 287 g/mol. The highest BCUT2D eigenvalue weighted by atomic mass is 16.2. The Hall–Kier alpha value is -1.91. The van der Waals surface area contributed by atoms with Crippen LogP contribution in [0.5, 0.6) is 0 Å². The van der Waals surface area contributed by atoms with E-state index in [-0.39, 0.29) is 17.2 Å². The Balaban J connectivity index is 1.83. The summed E-state index contributed by atoms with van der Waals surface area (Å²) in [5.74, 6) is 0.860. The standard InChI is InChI=1S/C16H21N3O2/c1-15(2,3)14(21)19-9-6-16(7-10-19)11-5-4-8-17-12(11)18-13(16)20/h4-5,8H,6-7,9-10H2,1-3H3,(H,17,18,20). The van der Waals surface area contributed by atoms with Crippen molar-refractivity contribution in [2.45, 2.75) is 39.0 Å². The van der Waals surface area contributed by atoms with Crippen molar-refractivity contribution in [2.75, 3.05) is 18.4 Å². The number of anilines is 1. The smallest absolute Gasteiger partial charge is 0.236 e. The molecule has 0 aromatic carbocycles. The predicted octanol–water partition coefficient (Wildman–Crippen LogP) is 1.94. The number of carbonyl (C=O) groups is 2. The van der Waals surface area contributed by atoms with Gasteiger partial charge in [-0.3, -0.25) is 9.59 Å². The van der Waals surface area contributed by atoms with Crippen LogP contribution in [-0.4, -0.2) is 34.8 Å². The third-order valence-corrected chi connectivity index (χ3v) is 4.54. The second kappa shape index (κ2) is 4.55. The SMILES string of the molecule is CC(C)(C)C(=O)N1CCC2(CC1)C(=O)Nc1ncccc12. The molecule has 0 unspecified atom stereocenters. The summed E-state index contributed by atoms with van der Waals surface area (Å²) in [6.07, 6.45) is 3.02. The number of carbonyl (C=O) groups excluding carboxylic acids is 2. The van der Waals surface area contributed by atoms with E-state index in [0.29, 0.717) is 31.7 Å². The molecule has 2 aliphatic rings. The lowest BCUT2D eigenvalue weighted by molar-refractivity contribution is -0.142. The Morgan fingerprint density at radius 2 is 2.00 bits per heavy atom. The molecule has 0 saturated carbocycles. The summed E-state index contributed by atoms with van der Waals surface area (Å²) in [7, 11) is 0. The van der Waals surface area contributed by atoms with Crippen molar-refractivity contribution in [3.63, 3.8) is 0 Å². The highest BCUT2D eigenvalue weighted by Gasteiger charge is 2.49. The Morgan fingerprint density at radius 1 is 1.33 bits per heavy atom. The lowest BCUT2D eigenvalue weighted by Crippen LogP contribution is -2.50. The van der Waals surface area contributed by atoms with Gasteiger partial charge in [-0.15, -0.1) is 0 Å². The Labute approximate surface area is 124 Å². The second-order valence-electron chi connectivity index (χ2n) is 6.98. The van der Waals surface area contributed by atoms with E-state index in [4.69, 9.17) is 0 Å². The molecule has 1 spiro atoms. The van der Waals surface area contributed by atoms with E-state index in [1.807, 2.05) is 37.8 Å². The number of fused-ring (bicyclic) bond motifs is 2. The first-order valence-electron chi connectivity index (χ1n) is 7.41. The molecule has 2 aliphatic heterocycles. The zero-order valence-corrected chi connectivity index (χ0v) is 12.8. The van der Waals surface area contributed by atoms with Crippen LogP contribution in [0.3, 0.4) is 0 Å². The fraction of sp³-hybridized carbons (Fsp3) is 0.562. The number of pyridine rings is 1. The van der Waals surface area contributed by atoms with E-state index in [0.717, 1.165) is 5.56 Å². The zero-order valence-electron chi connectivity index (χ0n) is 12.8. The second-order valence-corrected chi connectivity index (χ2v) is 6.98. The number of likely N-dealkylation sites (tertiary alicyclic amines) is 1. The van der Waals surface area contributed by atoms with Gasteiger partial charge in [-0.25, -0.2) is 4.98 Å². The molecule has 5 nitrogen and oxygen atoms in total. The van der Waals surface area contributed by atoms with Gasteiger partial charge in [0.2, 0.25) is 11.8 Å². The van der Waals surface area contributed by atoms with Crippen LogP contribution in [0.25, 0.3) is 0 Å². The Kier molecular flexibility index (Phi) is 3.04. The molecule has 3 rings (SSSR count). The summed E-state index contributed by atoms with van der Waals surface area (Å²) in [5, 5.41) is 2.88. The number of aromatic nitrogens is 1. The first kappa shape index (κ1) is 14.0. The lowest BCUT2D eigenvalue weighted by atomic mass is 9.74. The van der Waals surface area contributed by atoms with Gasteiger partial charge in [-0.05, 0) is 18.9 Å². The van der Waals surface area contributed by atoms with Crippen molar-refractivity contribution in [3.8, 4) is 0 Å². The van der Waals surface area contributed by atoms with Crippen molar-refractivity contribution >= 4 is 17.6 Å². The summed E-state index contributed by atoms with van der Waals surface area (Å²) >= 11 is 0. The number of rotatable bonds is 0. The zero-order chi connectivity index (χ0) is 15.3. The highest BCUT2D eigenvalue weighted by molar-refractivity contribution is 6.05. The number of hydrogen-bond acceptors (Lipinski definition) is 3. The first-order chi connectivity index (χ1) is 9.84. The summed E-state index contributed by atoms with van der Waals surface area (Å²) in [4.78, 5) is 30.9. The van der Waals surface area contributed by atoms with Crippen LogP contribution in [-0.2, 0) is 15.0 Å². The normalized spacial score (nSPS) is 20.3. The van der Waals surface area contributed by atoms with Crippen LogP contribution in [0.1, 0.15) is 39.2 Å². The minimum atomic E-state index is -0.502. The van der Waals surface area contributed by atoms with E-state index < -0.39 is 5.41 Å². The van der Waals surface area contributed by atoms with Gasteiger partial charge < -0.3 is 10.2 Å². The van der Waals surface area contributed by atoms with Crippen molar-refractivity contribution in [2.24, 2.45) is 5.41 Å². The number of hydrogen-bond donors (Lipinski definition) is 1. The maximum atomic E-state index is 12.4. The van der Waals surface area contributed by atoms with Gasteiger partial charge in [0.1, 0.15) is 5.82 Å². The minimum absolute atomic E-state index is 0.0269. The number of nitrogens with one attached hydrogen (secondary N) is 1. The molecule has 1 aromatic rings. The van der Waals surface area contributed by atoms with Crippen molar-refractivity contribution in [1.82, 2.24) is 9.88 Å². The van der Waals surface area contributed by atoms with Gasteiger partial charge in [0.15, 0.2) is 0 Å². The highest BCUT2D eigenvalue weighted by Crippen LogP contribution is 2.44. The largest absolute Gasteiger partial charge is 0.342 e. The molecule has 0 radical (unpaired) electrons. The van der Waals surface area contributed by atoms with Crippen molar-refractivity contribution in [1.29, 1.82) is 0 Å². The van der Waals surface area contributed by atoms with Gasteiger partial charge in [-0.2, -0.15) is 0 Å². The quantitative estimate of drug-likeness (QED) is 0.793. The van der Waals surface area contributed by atoms with Crippen LogP contribution in [0, 0.1) is 5.41 Å². The molecular formula is C16H21N3O2. The Bertz CT molecular complexity index is 596. The van der Waals surface area contributed by atoms with Crippen LogP contribution in [0.4, 0.5) is 5.82 Å². The molecule has 21 heavy (non-hydrogen) atoms. The van der Waals surface area contributed by atoms with E-state index in [1.54, 1.807) is 6.20 Å². The number of piperidine rings is 1. The van der Waals surface area contributed by atoms with E-state index in [2.05, 4.69) is 10.3 Å².